The third kappa shape index (κ3) is 9.97. The maximum absolute atomic E-state index is 13.0. The Kier molecular flexibility index (Phi) is 17.7. The Labute approximate surface area is 218 Å². The number of nitrogens with one attached hydrogen (secondary N) is 2. The molecular weight excluding hydrogens is 452 g/mol. The molecule has 7 nitrogen and oxygen atoms in total. The topological polar surface area (TPSA) is 105 Å². The molecule has 2 saturated heterocycles. The van der Waals surface area contributed by atoms with E-state index in [1.54, 1.807) is 4.90 Å². The van der Waals surface area contributed by atoms with Gasteiger partial charge in [-0.2, -0.15) is 0 Å². The van der Waals surface area contributed by atoms with Gasteiger partial charge in [0.25, 0.3) is 0 Å². The fraction of sp³-hybridized carbons (Fsp3) is 0.552. The second kappa shape index (κ2) is 19.3. The summed E-state index contributed by atoms with van der Waals surface area (Å²) in [5, 5.41) is 5.75. The molecule has 1 aromatic carbocycles. The van der Waals surface area contributed by atoms with Gasteiger partial charge >= 0.3 is 0 Å². The molecule has 0 bridgehead atoms. The summed E-state index contributed by atoms with van der Waals surface area (Å²) in [6, 6.07) is 8.44. The summed E-state index contributed by atoms with van der Waals surface area (Å²) in [4.78, 5) is 39.3. The number of hydrogen-bond donors (Lipinski definition) is 3. The van der Waals surface area contributed by atoms with Gasteiger partial charge in [-0.3, -0.25) is 14.4 Å². The average molecular weight is 501 g/mol. The van der Waals surface area contributed by atoms with Crippen molar-refractivity contribution >= 4 is 17.7 Å². The highest BCUT2D eigenvalue weighted by Crippen LogP contribution is 2.33. The Morgan fingerprint density at radius 2 is 1.69 bits per heavy atom. The quantitative estimate of drug-likeness (QED) is 0.474. The van der Waals surface area contributed by atoms with E-state index in [-0.39, 0.29) is 36.3 Å². The number of hydrogen-bond acceptors (Lipinski definition) is 4. The van der Waals surface area contributed by atoms with Crippen LogP contribution in [0.15, 0.2) is 55.1 Å². The molecule has 4 atom stereocenters. The lowest BCUT2D eigenvalue weighted by molar-refractivity contribution is -0.146. The molecule has 0 spiro atoms. The second-order valence-corrected chi connectivity index (χ2v) is 8.01. The standard InChI is InChI=1S/C21H28N4O3.C4H8.2C2H6/c1-2-6-16(14-7-4-3-5-8-14)24-20(27)18-12-10-15-9-11-17(21(28)25(15)18)23-19(26)13-22;1-3-4-2;2*1-2/h2-8,15-18H,9-13,22H2,1H3,(H,23,26)(H,24,27);3H,1,4H2,2H3;2*1-2H3/b6-2+;;;/t15-,16?,17-,18-;;;/m0.../s1. The van der Waals surface area contributed by atoms with Crippen LogP contribution in [0.25, 0.3) is 0 Å². The van der Waals surface area contributed by atoms with Crippen LogP contribution in [0, 0.1) is 0 Å². The monoisotopic (exact) mass is 500 g/mol. The Hall–Kier alpha value is -2.93. The van der Waals surface area contributed by atoms with Gasteiger partial charge in [-0.15, -0.1) is 6.58 Å². The normalized spacial score (nSPS) is 20.8. The van der Waals surface area contributed by atoms with Gasteiger partial charge in [-0.25, -0.2) is 0 Å². The Bertz CT molecular complexity index is 810. The van der Waals surface area contributed by atoms with E-state index in [1.807, 2.05) is 83.2 Å². The minimum absolute atomic E-state index is 0.0613. The first-order valence-corrected chi connectivity index (χ1v) is 13.4. The number of nitrogens with two attached hydrogens (primary N) is 1. The van der Waals surface area contributed by atoms with E-state index in [0.717, 1.165) is 24.8 Å². The number of piperidine rings is 1. The number of carbonyl (C=O) groups is 3. The average Bonchev–Trinajstić information content (AvgIpc) is 3.38. The number of amides is 3. The molecule has 0 radical (unpaired) electrons. The van der Waals surface area contributed by atoms with Crippen molar-refractivity contribution in [1.29, 1.82) is 0 Å². The Balaban J connectivity index is 0.00000137. The van der Waals surface area contributed by atoms with Crippen LogP contribution in [0.4, 0.5) is 0 Å². The van der Waals surface area contributed by atoms with Crippen LogP contribution < -0.4 is 16.4 Å². The summed E-state index contributed by atoms with van der Waals surface area (Å²) in [7, 11) is 0. The van der Waals surface area contributed by atoms with Gasteiger partial charge in [0.15, 0.2) is 0 Å². The number of fused-ring (bicyclic) bond motifs is 1. The lowest BCUT2D eigenvalue weighted by Gasteiger charge is -2.38. The van der Waals surface area contributed by atoms with Crippen molar-refractivity contribution in [3.05, 3.63) is 60.7 Å². The predicted molar refractivity (Wildman–Crippen MR) is 149 cm³/mol. The number of benzene rings is 1. The molecule has 7 heteroatoms. The minimum atomic E-state index is -0.596. The van der Waals surface area contributed by atoms with Gasteiger partial charge in [-0.05, 0) is 44.6 Å². The SMILES string of the molecule is C/C=C/C(NC(=O)[C@@H]1CC[C@@H]2CC[C@H](NC(=O)CN)C(=O)N21)c1ccccc1.C=CCC.CC.CC. The number of rotatable bonds is 7. The van der Waals surface area contributed by atoms with Gasteiger partial charge in [0.1, 0.15) is 12.1 Å². The fourth-order valence-corrected chi connectivity index (χ4v) is 4.15. The molecule has 0 aliphatic carbocycles. The molecule has 2 aliphatic heterocycles. The first-order chi connectivity index (χ1) is 17.5. The van der Waals surface area contributed by atoms with E-state index in [0.29, 0.717) is 12.8 Å². The molecule has 1 unspecified atom stereocenters. The summed E-state index contributed by atoms with van der Waals surface area (Å²) in [6.45, 7) is 15.3. The molecule has 4 N–H and O–H groups in total. The Morgan fingerprint density at radius 3 is 2.22 bits per heavy atom. The lowest BCUT2D eigenvalue weighted by Crippen LogP contribution is -2.59. The van der Waals surface area contributed by atoms with Gasteiger partial charge in [-0.1, -0.05) is 83.2 Å². The third-order valence-corrected chi connectivity index (χ3v) is 5.80. The highest BCUT2D eigenvalue weighted by Gasteiger charge is 2.46. The summed E-state index contributed by atoms with van der Waals surface area (Å²) >= 11 is 0. The summed E-state index contributed by atoms with van der Waals surface area (Å²) in [5.74, 6) is -0.694. The molecule has 1 aromatic rings. The van der Waals surface area contributed by atoms with Crippen LogP contribution in [-0.4, -0.2) is 47.3 Å². The highest BCUT2D eigenvalue weighted by molar-refractivity contribution is 5.93. The smallest absolute Gasteiger partial charge is 0.246 e. The maximum Gasteiger partial charge on any atom is 0.246 e. The molecule has 0 saturated carbocycles. The number of nitrogens with zero attached hydrogens (tertiary/aromatic N) is 1. The lowest BCUT2D eigenvalue weighted by atomic mass is 9.98. The highest BCUT2D eigenvalue weighted by atomic mass is 16.2. The van der Waals surface area contributed by atoms with E-state index in [2.05, 4.69) is 24.1 Å². The maximum atomic E-state index is 13.0. The van der Waals surface area contributed by atoms with Crippen molar-refractivity contribution < 1.29 is 14.4 Å². The zero-order chi connectivity index (χ0) is 27.5. The van der Waals surface area contributed by atoms with E-state index >= 15 is 0 Å². The zero-order valence-corrected chi connectivity index (χ0v) is 23.1. The second-order valence-electron chi connectivity index (χ2n) is 8.01. The van der Waals surface area contributed by atoms with Crippen LogP contribution in [-0.2, 0) is 14.4 Å². The van der Waals surface area contributed by atoms with Gasteiger partial charge < -0.3 is 21.3 Å². The fourth-order valence-electron chi connectivity index (χ4n) is 4.15. The predicted octanol–water partition coefficient (Wildman–Crippen LogP) is 4.65. The number of carbonyl (C=O) groups excluding carboxylic acids is 3. The molecule has 36 heavy (non-hydrogen) atoms. The van der Waals surface area contributed by atoms with Crippen molar-refractivity contribution in [3.8, 4) is 0 Å². The van der Waals surface area contributed by atoms with Gasteiger partial charge in [0.2, 0.25) is 17.7 Å². The van der Waals surface area contributed by atoms with E-state index in [9.17, 15) is 14.4 Å². The first kappa shape index (κ1) is 33.1. The summed E-state index contributed by atoms with van der Waals surface area (Å²) in [6.07, 6.45) is 9.60. The molecule has 3 amide bonds. The summed E-state index contributed by atoms with van der Waals surface area (Å²) < 4.78 is 0. The van der Waals surface area contributed by atoms with Gasteiger partial charge in [0.05, 0.1) is 12.6 Å². The minimum Gasteiger partial charge on any atom is -0.344 e. The van der Waals surface area contributed by atoms with Crippen LogP contribution in [0.3, 0.4) is 0 Å². The zero-order valence-electron chi connectivity index (χ0n) is 23.1. The van der Waals surface area contributed by atoms with Crippen LogP contribution in [0.1, 0.15) is 85.3 Å². The third-order valence-electron chi connectivity index (χ3n) is 5.80. The van der Waals surface area contributed by atoms with Crippen molar-refractivity contribution in [2.45, 2.75) is 97.8 Å². The van der Waals surface area contributed by atoms with Crippen molar-refractivity contribution in [2.75, 3.05) is 6.54 Å². The molecule has 2 heterocycles. The van der Waals surface area contributed by atoms with Crippen molar-refractivity contribution in [3.63, 3.8) is 0 Å². The van der Waals surface area contributed by atoms with E-state index < -0.39 is 12.1 Å². The van der Waals surface area contributed by atoms with Crippen LogP contribution >= 0.6 is 0 Å². The molecule has 3 rings (SSSR count). The molecule has 2 aliphatic rings. The van der Waals surface area contributed by atoms with Gasteiger partial charge in [0, 0.05) is 6.04 Å². The molecule has 2 fully saturated rings. The molecule has 202 valence electrons. The van der Waals surface area contributed by atoms with Crippen molar-refractivity contribution in [1.82, 2.24) is 15.5 Å². The van der Waals surface area contributed by atoms with E-state index in [4.69, 9.17) is 5.73 Å². The Morgan fingerprint density at radius 1 is 1.11 bits per heavy atom. The molecular formula is C29H48N4O3. The largest absolute Gasteiger partial charge is 0.344 e. The molecule has 0 aromatic heterocycles. The summed E-state index contributed by atoms with van der Waals surface area (Å²) in [5.41, 5.74) is 6.34. The number of allylic oxidation sites excluding steroid dienone is 2. The van der Waals surface area contributed by atoms with Crippen LogP contribution in [0.2, 0.25) is 0 Å². The van der Waals surface area contributed by atoms with Crippen molar-refractivity contribution in [2.24, 2.45) is 5.73 Å². The van der Waals surface area contributed by atoms with Crippen LogP contribution in [0.5, 0.6) is 0 Å². The van der Waals surface area contributed by atoms with E-state index in [1.165, 1.54) is 0 Å². The first-order valence-electron chi connectivity index (χ1n) is 13.4.